The van der Waals surface area contributed by atoms with Crippen molar-refractivity contribution in [1.82, 2.24) is 9.97 Å². The van der Waals surface area contributed by atoms with Gasteiger partial charge in [0.25, 0.3) is 0 Å². The van der Waals surface area contributed by atoms with Gasteiger partial charge in [0.15, 0.2) is 0 Å². The SMILES string of the molecule is Cc1nc(N(C)C)nc(-c2ccc(CCN)cc2)c1C.Cl.Cl. The van der Waals surface area contributed by atoms with Crippen LogP contribution in [0.4, 0.5) is 5.95 Å². The van der Waals surface area contributed by atoms with E-state index in [-0.39, 0.29) is 24.8 Å². The Morgan fingerprint density at radius 3 is 2.09 bits per heavy atom. The molecule has 2 rings (SSSR count). The minimum absolute atomic E-state index is 0. The summed E-state index contributed by atoms with van der Waals surface area (Å²) in [6.45, 7) is 4.77. The van der Waals surface area contributed by atoms with Crippen molar-refractivity contribution in [2.24, 2.45) is 5.73 Å². The van der Waals surface area contributed by atoms with Crippen molar-refractivity contribution in [3.8, 4) is 11.3 Å². The van der Waals surface area contributed by atoms with Crippen molar-refractivity contribution in [2.45, 2.75) is 20.3 Å². The van der Waals surface area contributed by atoms with Gasteiger partial charge in [0.2, 0.25) is 5.95 Å². The first-order valence-electron chi connectivity index (χ1n) is 6.85. The quantitative estimate of drug-likeness (QED) is 0.926. The Hall–Kier alpha value is -1.36. The first-order valence-corrected chi connectivity index (χ1v) is 6.85. The first kappa shape index (κ1) is 20.6. The third-order valence-electron chi connectivity index (χ3n) is 3.44. The summed E-state index contributed by atoms with van der Waals surface area (Å²) in [4.78, 5) is 11.1. The molecule has 1 aromatic heterocycles. The van der Waals surface area contributed by atoms with E-state index in [0.717, 1.165) is 34.9 Å². The van der Waals surface area contributed by atoms with Crippen molar-refractivity contribution < 1.29 is 0 Å². The maximum absolute atomic E-state index is 5.58. The van der Waals surface area contributed by atoms with Crippen LogP contribution in [0.2, 0.25) is 0 Å². The van der Waals surface area contributed by atoms with Crippen LogP contribution < -0.4 is 10.6 Å². The summed E-state index contributed by atoms with van der Waals surface area (Å²) < 4.78 is 0. The maximum atomic E-state index is 5.58. The Labute approximate surface area is 145 Å². The lowest BCUT2D eigenvalue weighted by molar-refractivity contribution is 0.963. The molecule has 0 saturated carbocycles. The molecule has 122 valence electrons. The van der Waals surface area contributed by atoms with Crippen LogP contribution in [0.1, 0.15) is 16.8 Å². The van der Waals surface area contributed by atoms with Crippen molar-refractivity contribution in [3.63, 3.8) is 0 Å². The molecular formula is C16H24Cl2N4. The number of benzene rings is 1. The van der Waals surface area contributed by atoms with E-state index in [2.05, 4.69) is 41.2 Å². The van der Waals surface area contributed by atoms with Gasteiger partial charge in [-0.15, -0.1) is 24.8 Å². The Morgan fingerprint density at radius 2 is 1.59 bits per heavy atom. The number of hydrogen-bond acceptors (Lipinski definition) is 4. The smallest absolute Gasteiger partial charge is 0.225 e. The number of anilines is 1. The Balaban J connectivity index is 0.00000220. The van der Waals surface area contributed by atoms with E-state index in [4.69, 9.17) is 5.73 Å². The van der Waals surface area contributed by atoms with Crippen molar-refractivity contribution >= 4 is 30.8 Å². The molecule has 0 amide bonds. The second kappa shape index (κ2) is 8.93. The largest absolute Gasteiger partial charge is 0.347 e. The molecule has 0 aliphatic heterocycles. The zero-order chi connectivity index (χ0) is 14.7. The summed E-state index contributed by atoms with van der Waals surface area (Å²) in [7, 11) is 3.91. The minimum Gasteiger partial charge on any atom is -0.347 e. The molecule has 0 radical (unpaired) electrons. The van der Waals surface area contributed by atoms with Crippen LogP contribution in [0.5, 0.6) is 0 Å². The summed E-state index contributed by atoms with van der Waals surface area (Å²) in [5, 5.41) is 0. The summed E-state index contributed by atoms with van der Waals surface area (Å²) in [5.74, 6) is 0.745. The average Bonchev–Trinajstić information content (AvgIpc) is 2.43. The number of rotatable bonds is 4. The zero-order valence-electron chi connectivity index (χ0n) is 13.5. The van der Waals surface area contributed by atoms with E-state index < -0.39 is 0 Å². The Bertz CT molecular complexity index is 598. The van der Waals surface area contributed by atoms with Crippen LogP contribution in [0.25, 0.3) is 11.3 Å². The number of hydrogen-bond donors (Lipinski definition) is 1. The maximum Gasteiger partial charge on any atom is 0.225 e. The van der Waals surface area contributed by atoms with E-state index in [1.54, 1.807) is 0 Å². The number of aromatic nitrogens is 2. The molecule has 0 unspecified atom stereocenters. The second-order valence-electron chi connectivity index (χ2n) is 5.21. The van der Waals surface area contributed by atoms with Crippen LogP contribution in [0, 0.1) is 13.8 Å². The Kier molecular flexibility index (Phi) is 8.38. The van der Waals surface area contributed by atoms with Gasteiger partial charge in [0, 0.05) is 25.4 Å². The van der Waals surface area contributed by atoms with Gasteiger partial charge in [-0.2, -0.15) is 0 Å². The lowest BCUT2D eigenvalue weighted by Crippen LogP contribution is -2.14. The molecule has 0 spiro atoms. The molecule has 0 aliphatic carbocycles. The predicted octanol–water partition coefficient (Wildman–Crippen LogP) is 3.17. The second-order valence-corrected chi connectivity index (χ2v) is 5.21. The molecule has 4 nitrogen and oxygen atoms in total. The lowest BCUT2D eigenvalue weighted by atomic mass is 10.0. The highest BCUT2D eigenvalue weighted by Gasteiger charge is 2.11. The third kappa shape index (κ3) is 4.57. The summed E-state index contributed by atoms with van der Waals surface area (Å²) >= 11 is 0. The summed E-state index contributed by atoms with van der Waals surface area (Å²) in [6, 6.07) is 8.46. The standard InChI is InChI=1S/C16H22N4.2ClH/c1-11-12(2)18-16(20(3)4)19-15(11)14-7-5-13(6-8-14)9-10-17;;/h5-8H,9-10,17H2,1-4H3;2*1H. The highest BCUT2D eigenvalue weighted by Crippen LogP contribution is 2.25. The normalized spacial score (nSPS) is 9.68. The van der Waals surface area contributed by atoms with Crippen molar-refractivity contribution in [3.05, 3.63) is 41.1 Å². The van der Waals surface area contributed by atoms with Gasteiger partial charge in [-0.05, 0) is 37.9 Å². The number of aryl methyl sites for hydroxylation is 1. The van der Waals surface area contributed by atoms with Gasteiger partial charge in [-0.1, -0.05) is 24.3 Å². The number of nitrogens with zero attached hydrogens (tertiary/aromatic N) is 3. The van der Waals surface area contributed by atoms with Gasteiger partial charge in [-0.3, -0.25) is 0 Å². The lowest BCUT2D eigenvalue weighted by Gasteiger charge is -2.15. The monoisotopic (exact) mass is 342 g/mol. The highest BCUT2D eigenvalue weighted by molar-refractivity contribution is 5.85. The number of nitrogens with two attached hydrogens (primary N) is 1. The van der Waals surface area contributed by atoms with E-state index >= 15 is 0 Å². The van der Waals surface area contributed by atoms with Crippen LogP contribution in [-0.4, -0.2) is 30.6 Å². The van der Waals surface area contributed by atoms with Crippen LogP contribution in [0.15, 0.2) is 24.3 Å². The third-order valence-corrected chi connectivity index (χ3v) is 3.44. The van der Waals surface area contributed by atoms with Gasteiger partial charge in [0.1, 0.15) is 0 Å². The average molecular weight is 343 g/mol. The fourth-order valence-corrected chi connectivity index (χ4v) is 2.09. The molecule has 22 heavy (non-hydrogen) atoms. The van der Waals surface area contributed by atoms with Gasteiger partial charge >= 0.3 is 0 Å². The summed E-state index contributed by atoms with van der Waals surface area (Å²) in [5.41, 5.74) is 11.1. The van der Waals surface area contributed by atoms with E-state index in [9.17, 15) is 0 Å². The fraction of sp³-hybridized carbons (Fsp3) is 0.375. The van der Waals surface area contributed by atoms with E-state index in [1.165, 1.54) is 5.56 Å². The van der Waals surface area contributed by atoms with Gasteiger partial charge in [-0.25, -0.2) is 9.97 Å². The van der Waals surface area contributed by atoms with Gasteiger partial charge in [0.05, 0.1) is 5.69 Å². The van der Waals surface area contributed by atoms with Crippen LogP contribution >= 0.6 is 24.8 Å². The van der Waals surface area contributed by atoms with E-state index in [0.29, 0.717) is 6.54 Å². The number of halogens is 2. The molecule has 1 aromatic carbocycles. The van der Waals surface area contributed by atoms with Gasteiger partial charge < -0.3 is 10.6 Å². The van der Waals surface area contributed by atoms with Crippen LogP contribution in [0.3, 0.4) is 0 Å². The highest BCUT2D eigenvalue weighted by atomic mass is 35.5. The molecule has 0 aliphatic rings. The Morgan fingerprint density at radius 1 is 1.00 bits per heavy atom. The van der Waals surface area contributed by atoms with Crippen molar-refractivity contribution in [2.75, 3.05) is 25.5 Å². The topological polar surface area (TPSA) is 55.0 Å². The zero-order valence-corrected chi connectivity index (χ0v) is 15.1. The van der Waals surface area contributed by atoms with Crippen molar-refractivity contribution in [1.29, 1.82) is 0 Å². The predicted molar refractivity (Wildman–Crippen MR) is 98.5 cm³/mol. The minimum atomic E-state index is 0. The summed E-state index contributed by atoms with van der Waals surface area (Å²) in [6.07, 6.45) is 0.908. The molecule has 0 bridgehead atoms. The molecule has 0 saturated heterocycles. The fourth-order valence-electron chi connectivity index (χ4n) is 2.09. The molecule has 6 heteroatoms. The molecule has 0 fully saturated rings. The first-order chi connectivity index (χ1) is 9.52. The molecular weight excluding hydrogens is 319 g/mol. The molecule has 1 heterocycles. The molecule has 2 aromatic rings. The molecule has 0 atom stereocenters. The van der Waals surface area contributed by atoms with E-state index in [1.807, 2.05) is 25.9 Å². The molecule has 2 N–H and O–H groups in total. The van der Waals surface area contributed by atoms with Crippen LogP contribution in [-0.2, 0) is 6.42 Å².